The smallest absolute Gasteiger partial charge is 0.142 e. The Morgan fingerprint density at radius 1 is 1.46 bits per heavy atom. The number of ether oxygens (including phenoxy) is 1. The van der Waals surface area contributed by atoms with Crippen molar-refractivity contribution in [2.45, 2.75) is 18.9 Å². The molecule has 3 nitrogen and oxygen atoms in total. The number of benzene rings is 1. The molecule has 0 aliphatic heterocycles. The Bertz CT molecular complexity index is 336. The zero-order valence-corrected chi connectivity index (χ0v) is 7.71. The van der Waals surface area contributed by atoms with Crippen molar-refractivity contribution in [2.75, 3.05) is 12.8 Å². The molecule has 1 aliphatic rings. The highest BCUT2D eigenvalue weighted by Crippen LogP contribution is 2.37. The van der Waals surface area contributed by atoms with E-state index < -0.39 is 0 Å². The second-order valence-corrected chi connectivity index (χ2v) is 3.39. The van der Waals surface area contributed by atoms with Gasteiger partial charge in [0.1, 0.15) is 5.75 Å². The Labute approximate surface area is 77.7 Å². The normalized spacial score (nSPS) is 20.0. The molecule has 1 aromatic carbocycles. The Morgan fingerprint density at radius 3 is 2.92 bits per heavy atom. The van der Waals surface area contributed by atoms with Crippen LogP contribution in [0.5, 0.6) is 5.75 Å². The van der Waals surface area contributed by atoms with E-state index in [1.807, 2.05) is 12.1 Å². The van der Waals surface area contributed by atoms with E-state index in [-0.39, 0.29) is 6.04 Å². The number of hydrogen-bond acceptors (Lipinski definition) is 3. The maximum atomic E-state index is 5.93. The van der Waals surface area contributed by atoms with Crippen molar-refractivity contribution in [3.8, 4) is 5.75 Å². The molecular weight excluding hydrogens is 164 g/mol. The summed E-state index contributed by atoms with van der Waals surface area (Å²) in [5.41, 5.74) is 14.9. The van der Waals surface area contributed by atoms with E-state index in [1.165, 1.54) is 11.1 Å². The average Bonchev–Trinajstić information content (AvgIpc) is 2.50. The van der Waals surface area contributed by atoms with Crippen LogP contribution in [0.25, 0.3) is 0 Å². The van der Waals surface area contributed by atoms with E-state index >= 15 is 0 Å². The van der Waals surface area contributed by atoms with Crippen LogP contribution in [0.3, 0.4) is 0 Å². The molecule has 2 rings (SSSR count). The van der Waals surface area contributed by atoms with Gasteiger partial charge in [0.25, 0.3) is 0 Å². The van der Waals surface area contributed by atoms with Crippen molar-refractivity contribution in [3.63, 3.8) is 0 Å². The molecule has 1 atom stereocenters. The first kappa shape index (κ1) is 8.38. The van der Waals surface area contributed by atoms with Crippen LogP contribution in [0, 0.1) is 0 Å². The maximum absolute atomic E-state index is 5.93. The number of fused-ring (bicyclic) bond motifs is 1. The van der Waals surface area contributed by atoms with Crippen LogP contribution in [0.2, 0.25) is 0 Å². The molecule has 70 valence electrons. The SMILES string of the molecule is COc1ccc2c(c1N)CC[C@H]2N. The Balaban J connectivity index is 2.54. The summed E-state index contributed by atoms with van der Waals surface area (Å²) in [6, 6.07) is 4.06. The lowest BCUT2D eigenvalue weighted by atomic mass is 10.1. The van der Waals surface area contributed by atoms with Gasteiger partial charge in [0, 0.05) is 6.04 Å². The molecule has 1 aliphatic carbocycles. The molecule has 0 saturated heterocycles. The molecule has 0 unspecified atom stereocenters. The van der Waals surface area contributed by atoms with Crippen LogP contribution < -0.4 is 16.2 Å². The molecule has 0 radical (unpaired) electrons. The van der Waals surface area contributed by atoms with Gasteiger partial charge in [-0.3, -0.25) is 0 Å². The largest absolute Gasteiger partial charge is 0.495 e. The lowest BCUT2D eigenvalue weighted by Gasteiger charge is -2.10. The second kappa shape index (κ2) is 2.92. The predicted molar refractivity (Wildman–Crippen MR) is 52.7 cm³/mol. The third-order valence-electron chi connectivity index (χ3n) is 2.68. The van der Waals surface area contributed by atoms with Gasteiger partial charge >= 0.3 is 0 Å². The van der Waals surface area contributed by atoms with Gasteiger partial charge in [-0.1, -0.05) is 6.07 Å². The molecule has 0 bridgehead atoms. The first-order valence-electron chi connectivity index (χ1n) is 4.45. The first-order valence-corrected chi connectivity index (χ1v) is 4.45. The molecule has 0 heterocycles. The maximum Gasteiger partial charge on any atom is 0.142 e. The number of nitrogen functional groups attached to an aromatic ring is 1. The summed E-state index contributed by atoms with van der Waals surface area (Å²) >= 11 is 0. The number of hydrogen-bond donors (Lipinski definition) is 2. The standard InChI is InChI=1S/C10H14N2O/c1-13-9-5-3-6-7(10(9)12)2-4-8(6)11/h3,5,8H,2,4,11-12H2,1H3/t8-/m1/s1. The van der Waals surface area contributed by atoms with Gasteiger partial charge in [0.2, 0.25) is 0 Å². The Hall–Kier alpha value is -1.22. The van der Waals surface area contributed by atoms with Gasteiger partial charge in [-0.05, 0) is 30.0 Å². The highest BCUT2D eigenvalue weighted by Gasteiger charge is 2.22. The summed E-state index contributed by atoms with van der Waals surface area (Å²) in [5, 5.41) is 0. The average molecular weight is 178 g/mol. The van der Waals surface area contributed by atoms with E-state index in [4.69, 9.17) is 16.2 Å². The highest BCUT2D eigenvalue weighted by molar-refractivity contribution is 5.63. The van der Waals surface area contributed by atoms with Gasteiger partial charge in [-0.15, -0.1) is 0 Å². The minimum atomic E-state index is 0.156. The fourth-order valence-electron chi connectivity index (χ4n) is 1.92. The lowest BCUT2D eigenvalue weighted by Crippen LogP contribution is -2.05. The van der Waals surface area contributed by atoms with Crippen LogP contribution in [0.15, 0.2) is 12.1 Å². The summed E-state index contributed by atoms with van der Waals surface area (Å²) in [4.78, 5) is 0. The Morgan fingerprint density at radius 2 is 2.23 bits per heavy atom. The van der Waals surface area contributed by atoms with E-state index in [9.17, 15) is 0 Å². The molecule has 1 aromatic rings. The second-order valence-electron chi connectivity index (χ2n) is 3.39. The zero-order chi connectivity index (χ0) is 9.42. The van der Waals surface area contributed by atoms with E-state index in [0.29, 0.717) is 0 Å². The van der Waals surface area contributed by atoms with Crippen molar-refractivity contribution in [3.05, 3.63) is 23.3 Å². The summed E-state index contributed by atoms with van der Waals surface area (Å²) in [6.07, 6.45) is 1.96. The molecular formula is C10H14N2O. The van der Waals surface area contributed by atoms with E-state index in [1.54, 1.807) is 7.11 Å². The van der Waals surface area contributed by atoms with Gasteiger partial charge < -0.3 is 16.2 Å². The summed E-state index contributed by atoms with van der Waals surface area (Å²) in [6.45, 7) is 0. The van der Waals surface area contributed by atoms with Crippen LogP contribution in [0.1, 0.15) is 23.6 Å². The van der Waals surface area contributed by atoms with Gasteiger partial charge in [-0.2, -0.15) is 0 Å². The molecule has 0 aromatic heterocycles. The molecule has 4 N–H and O–H groups in total. The summed E-state index contributed by atoms with van der Waals surface area (Å²) < 4.78 is 5.14. The lowest BCUT2D eigenvalue weighted by molar-refractivity contribution is 0.416. The van der Waals surface area contributed by atoms with Crippen molar-refractivity contribution < 1.29 is 4.74 Å². The van der Waals surface area contributed by atoms with Crippen LogP contribution in [-0.4, -0.2) is 7.11 Å². The quantitative estimate of drug-likeness (QED) is 0.636. The fourth-order valence-corrected chi connectivity index (χ4v) is 1.92. The van der Waals surface area contributed by atoms with Gasteiger partial charge in [0.05, 0.1) is 12.8 Å². The topological polar surface area (TPSA) is 61.3 Å². The van der Waals surface area contributed by atoms with Gasteiger partial charge in [0.15, 0.2) is 0 Å². The van der Waals surface area contributed by atoms with E-state index in [2.05, 4.69) is 0 Å². The summed E-state index contributed by atoms with van der Waals surface area (Å²) in [7, 11) is 1.63. The first-order chi connectivity index (χ1) is 6.24. The van der Waals surface area contributed by atoms with Crippen molar-refractivity contribution in [1.82, 2.24) is 0 Å². The fraction of sp³-hybridized carbons (Fsp3) is 0.400. The molecule has 0 spiro atoms. The van der Waals surface area contributed by atoms with Crippen molar-refractivity contribution in [2.24, 2.45) is 5.73 Å². The molecule has 0 amide bonds. The van der Waals surface area contributed by atoms with Crippen LogP contribution >= 0.6 is 0 Å². The third kappa shape index (κ3) is 1.16. The molecule has 3 heteroatoms. The highest BCUT2D eigenvalue weighted by atomic mass is 16.5. The minimum Gasteiger partial charge on any atom is -0.495 e. The number of rotatable bonds is 1. The van der Waals surface area contributed by atoms with Crippen molar-refractivity contribution in [1.29, 1.82) is 0 Å². The Kier molecular flexibility index (Phi) is 1.88. The summed E-state index contributed by atoms with van der Waals surface area (Å²) in [5.74, 6) is 0.757. The molecule has 13 heavy (non-hydrogen) atoms. The van der Waals surface area contributed by atoms with Crippen LogP contribution in [-0.2, 0) is 6.42 Å². The van der Waals surface area contributed by atoms with Crippen molar-refractivity contribution >= 4 is 5.69 Å². The number of methoxy groups -OCH3 is 1. The molecule has 0 saturated carbocycles. The third-order valence-corrected chi connectivity index (χ3v) is 2.68. The minimum absolute atomic E-state index is 0.156. The number of anilines is 1. The predicted octanol–water partition coefficient (Wildman–Crippen LogP) is 1.22. The van der Waals surface area contributed by atoms with E-state index in [0.717, 1.165) is 24.3 Å². The molecule has 0 fully saturated rings. The van der Waals surface area contributed by atoms with Gasteiger partial charge in [-0.25, -0.2) is 0 Å². The number of nitrogens with two attached hydrogens (primary N) is 2. The monoisotopic (exact) mass is 178 g/mol. The zero-order valence-electron chi connectivity index (χ0n) is 7.71. The van der Waals surface area contributed by atoms with Crippen LogP contribution in [0.4, 0.5) is 5.69 Å².